The van der Waals surface area contributed by atoms with Crippen molar-refractivity contribution >= 4 is 5.71 Å². The van der Waals surface area contributed by atoms with Crippen LogP contribution in [0.1, 0.15) is 24.8 Å². The van der Waals surface area contributed by atoms with Gasteiger partial charge in [-0.2, -0.15) is 0 Å². The molecule has 0 saturated carbocycles. The van der Waals surface area contributed by atoms with Gasteiger partial charge in [-0.1, -0.05) is 17.3 Å². The molecule has 1 N–H and O–H groups in total. The van der Waals surface area contributed by atoms with Crippen LogP contribution in [0.5, 0.6) is 0 Å². The Hall–Kier alpha value is -1.42. The maximum absolute atomic E-state index is 12.8. The zero-order valence-electron chi connectivity index (χ0n) is 9.58. The first-order valence-electron chi connectivity index (χ1n) is 5.99. The van der Waals surface area contributed by atoms with Gasteiger partial charge in [0.1, 0.15) is 11.4 Å². The maximum atomic E-state index is 12.8. The Balaban J connectivity index is 1.76. The average Bonchev–Trinajstić information content (AvgIpc) is 2.75. The van der Waals surface area contributed by atoms with Gasteiger partial charge in [-0.3, -0.25) is 0 Å². The molecule has 4 heteroatoms. The van der Waals surface area contributed by atoms with Gasteiger partial charge >= 0.3 is 0 Å². The first kappa shape index (κ1) is 10.7. The van der Waals surface area contributed by atoms with Crippen molar-refractivity contribution in [3.63, 3.8) is 0 Å². The smallest absolute Gasteiger partial charge is 0.145 e. The highest BCUT2D eigenvalue weighted by Gasteiger charge is 2.40. The van der Waals surface area contributed by atoms with Gasteiger partial charge in [0.2, 0.25) is 0 Å². The second-order valence-electron chi connectivity index (χ2n) is 4.75. The molecule has 2 aliphatic rings. The van der Waals surface area contributed by atoms with E-state index in [4.69, 9.17) is 4.84 Å². The molecule has 1 aromatic rings. The summed E-state index contributed by atoms with van der Waals surface area (Å²) < 4.78 is 12.8. The monoisotopic (exact) mass is 234 g/mol. The summed E-state index contributed by atoms with van der Waals surface area (Å²) in [6, 6.07) is 6.45. The summed E-state index contributed by atoms with van der Waals surface area (Å²) in [6.45, 7) is 1.96. The Bertz CT molecular complexity index is 435. The van der Waals surface area contributed by atoms with Gasteiger partial charge in [0.25, 0.3) is 0 Å². The predicted molar refractivity (Wildman–Crippen MR) is 63.5 cm³/mol. The zero-order valence-corrected chi connectivity index (χ0v) is 9.58. The van der Waals surface area contributed by atoms with Crippen molar-refractivity contribution in [3.8, 4) is 0 Å². The van der Waals surface area contributed by atoms with E-state index in [1.54, 1.807) is 12.1 Å². The van der Waals surface area contributed by atoms with Gasteiger partial charge in [0, 0.05) is 19.3 Å². The third-order valence-electron chi connectivity index (χ3n) is 3.53. The Morgan fingerprint density at radius 3 is 2.59 bits per heavy atom. The van der Waals surface area contributed by atoms with E-state index in [0.29, 0.717) is 0 Å². The van der Waals surface area contributed by atoms with Crippen LogP contribution in [-0.4, -0.2) is 24.4 Å². The molecule has 0 bridgehead atoms. The minimum atomic E-state index is -0.218. The maximum Gasteiger partial charge on any atom is 0.145 e. The van der Waals surface area contributed by atoms with Crippen LogP contribution in [0.4, 0.5) is 4.39 Å². The second-order valence-corrected chi connectivity index (χ2v) is 4.75. The lowest BCUT2D eigenvalue weighted by molar-refractivity contribution is -0.0400. The third-order valence-corrected chi connectivity index (χ3v) is 3.53. The van der Waals surface area contributed by atoms with Crippen LogP contribution in [0.15, 0.2) is 29.4 Å². The van der Waals surface area contributed by atoms with Gasteiger partial charge in [-0.05, 0) is 30.8 Å². The Morgan fingerprint density at radius 1 is 1.18 bits per heavy atom. The number of oxime groups is 1. The molecule has 0 radical (unpaired) electrons. The fraction of sp³-hybridized carbons (Fsp3) is 0.462. The molecule has 0 amide bonds. The van der Waals surface area contributed by atoms with Gasteiger partial charge in [0.05, 0.1) is 5.71 Å². The quantitative estimate of drug-likeness (QED) is 0.807. The van der Waals surface area contributed by atoms with E-state index in [1.807, 2.05) is 0 Å². The molecule has 0 aliphatic carbocycles. The normalized spacial score (nSPS) is 22.3. The van der Waals surface area contributed by atoms with E-state index in [0.717, 1.165) is 43.6 Å². The molecule has 1 aromatic carbocycles. The van der Waals surface area contributed by atoms with Crippen molar-refractivity contribution < 1.29 is 9.23 Å². The van der Waals surface area contributed by atoms with Crippen molar-refractivity contribution in [1.82, 2.24) is 5.32 Å². The van der Waals surface area contributed by atoms with Crippen LogP contribution in [0, 0.1) is 5.82 Å². The highest BCUT2D eigenvalue weighted by atomic mass is 19.1. The molecule has 1 saturated heterocycles. The second kappa shape index (κ2) is 4.11. The van der Waals surface area contributed by atoms with Crippen molar-refractivity contribution in [3.05, 3.63) is 35.6 Å². The van der Waals surface area contributed by atoms with E-state index in [9.17, 15) is 4.39 Å². The van der Waals surface area contributed by atoms with E-state index < -0.39 is 0 Å². The van der Waals surface area contributed by atoms with E-state index in [-0.39, 0.29) is 11.4 Å². The van der Waals surface area contributed by atoms with Crippen LogP contribution < -0.4 is 5.32 Å². The van der Waals surface area contributed by atoms with E-state index >= 15 is 0 Å². The minimum Gasteiger partial charge on any atom is -0.388 e. The van der Waals surface area contributed by atoms with Crippen LogP contribution >= 0.6 is 0 Å². The number of hydrogen-bond acceptors (Lipinski definition) is 3. The molecular formula is C13H15FN2O. The number of nitrogens with zero attached hydrogens (tertiary/aromatic N) is 1. The molecule has 3 nitrogen and oxygen atoms in total. The standard InChI is InChI=1S/C13H15FN2O/c14-11-3-1-10(2-4-11)12-9-13(17-16-12)5-7-15-8-6-13/h1-4,15H,5-9H2. The molecule has 0 unspecified atom stereocenters. The number of benzene rings is 1. The van der Waals surface area contributed by atoms with Crippen LogP contribution in [0.25, 0.3) is 0 Å². The number of hydrogen-bond donors (Lipinski definition) is 1. The first-order chi connectivity index (χ1) is 8.27. The lowest BCUT2D eigenvalue weighted by Crippen LogP contribution is -2.42. The Kier molecular flexibility index (Phi) is 2.59. The Labute approximate surface area is 99.7 Å². The highest BCUT2D eigenvalue weighted by molar-refractivity contribution is 6.01. The van der Waals surface area contributed by atoms with Crippen LogP contribution in [0.2, 0.25) is 0 Å². The molecule has 2 aliphatic heterocycles. The van der Waals surface area contributed by atoms with Gasteiger partial charge in [-0.25, -0.2) is 4.39 Å². The summed E-state index contributed by atoms with van der Waals surface area (Å²) in [5.41, 5.74) is 1.78. The van der Waals surface area contributed by atoms with Crippen LogP contribution in [-0.2, 0) is 4.84 Å². The summed E-state index contributed by atoms with van der Waals surface area (Å²) in [4.78, 5) is 5.63. The number of piperidine rings is 1. The third kappa shape index (κ3) is 2.05. The Morgan fingerprint density at radius 2 is 1.88 bits per heavy atom. The lowest BCUT2D eigenvalue weighted by atomic mass is 9.86. The number of halogens is 1. The lowest BCUT2D eigenvalue weighted by Gasteiger charge is -2.30. The van der Waals surface area contributed by atoms with E-state index in [2.05, 4.69) is 10.5 Å². The number of nitrogens with one attached hydrogen (secondary N) is 1. The van der Waals surface area contributed by atoms with E-state index in [1.165, 1.54) is 12.1 Å². The summed E-state index contributed by atoms with van der Waals surface area (Å²) >= 11 is 0. The molecule has 3 rings (SSSR count). The molecule has 2 heterocycles. The van der Waals surface area contributed by atoms with Gasteiger partial charge in [0.15, 0.2) is 0 Å². The summed E-state index contributed by atoms with van der Waals surface area (Å²) in [5, 5.41) is 7.50. The fourth-order valence-corrected chi connectivity index (χ4v) is 2.47. The van der Waals surface area contributed by atoms with Crippen LogP contribution in [0.3, 0.4) is 0 Å². The highest BCUT2D eigenvalue weighted by Crippen LogP contribution is 2.34. The zero-order chi connectivity index (χ0) is 11.7. The predicted octanol–water partition coefficient (Wildman–Crippen LogP) is 2.07. The molecule has 1 fully saturated rings. The molecule has 0 atom stereocenters. The average molecular weight is 234 g/mol. The van der Waals surface area contributed by atoms with Crippen molar-refractivity contribution in [2.24, 2.45) is 5.16 Å². The topological polar surface area (TPSA) is 33.6 Å². The van der Waals surface area contributed by atoms with Gasteiger partial charge < -0.3 is 10.2 Å². The fourth-order valence-electron chi connectivity index (χ4n) is 2.47. The number of rotatable bonds is 1. The minimum absolute atomic E-state index is 0.116. The molecule has 0 aromatic heterocycles. The molecular weight excluding hydrogens is 219 g/mol. The molecule has 1 spiro atoms. The van der Waals surface area contributed by atoms with Crippen molar-refractivity contribution in [1.29, 1.82) is 0 Å². The van der Waals surface area contributed by atoms with Crippen molar-refractivity contribution in [2.75, 3.05) is 13.1 Å². The van der Waals surface area contributed by atoms with Gasteiger partial charge in [-0.15, -0.1) is 0 Å². The molecule has 17 heavy (non-hydrogen) atoms. The summed E-state index contributed by atoms with van der Waals surface area (Å²) in [6.07, 6.45) is 2.81. The first-order valence-corrected chi connectivity index (χ1v) is 5.99. The SMILES string of the molecule is Fc1ccc(C2=NOC3(CCNCC3)C2)cc1. The van der Waals surface area contributed by atoms with Crippen molar-refractivity contribution in [2.45, 2.75) is 24.9 Å². The summed E-state index contributed by atoms with van der Waals surface area (Å²) in [7, 11) is 0. The summed E-state index contributed by atoms with van der Waals surface area (Å²) in [5.74, 6) is -0.218. The largest absolute Gasteiger partial charge is 0.388 e. The molecule has 90 valence electrons.